The molecule has 0 heterocycles. The highest BCUT2D eigenvalue weighted by Gasteiger charge is 2.11. The molecule has 0 bridgehead atoms. The lowest BCUT2D eigenvalue weighted by atomic mass is 10.3. The lowest BCUT2D eigenvalue weighted by Crippen LogP contribution is -2.22. The first-order valence-electron chi connectivity index (χ1n) is 4.82. The van der Waals surface area contributed by atoms with Crippen LogP contribution in [-0.4, -0.2) is 29.7 Å². The molecule has 0 aliphatic carbocycles. The van der Waals surface area contributed by atoms with Crippen LogP contribution in [0.5, 0.6) is 11.5 Å². The minimum Gasteiger partial charge on any atom is -0.492 e. The molecule has 0 saturated carbocycles. The summed E-state index contributed by atoms with van der Waals surface area (Å²) in [7, 11) is 0. The second-order valence-corrected chi connectivity index (χ2v) is 3.49. The van der Waals surface area contributed by atoms with E-state index in [-0.39, 0.29) is 0 Å². The molecule has 0 spiro atoms. The van der Waals surface area contributed by atoms with Crippen molar-refractivity contribution in [2.24, 2.45) is 0 Å². The summed E-state index contributed by atoms with van der Waals surface area (Å²) in [5, 5.41) is 8.65. The molecule has 1 unspecified atom stereocenters. The second kappa shape index (κ2) is 6.23. The molecule has 0 aliphatic rings. The summed E-state index contributed by atoms with van der Waals surface area (Å²) < 4.78 is 10.4. The first-order chi connectivity index (χ1) is 7.63. The van der Waals surface area contributed by atoms with E-state index in [2.05, 4.69) is 0 Å². The Morgan fingerprint density at radius 1 is 1.38 bits per heavy atom. The van der Waals surface area contributed by atoms with Crippen LogP contribution in [0.4, 0.5) is 0 Å². The molecule has 0 saturated heterocycles. The number of rotatable bonds is 6. The van der Waals surface area contributed by atoms with E-state index >= 15 is 0 Å². The number of carbonyl (C=O) groups is 1. The molecule has 1 atom stereocenters. The predicted octanol–water partition coefficient (Wildman–Crippen LogP) is 2.16. The maximum absolute atomic E-state index is 10.5. The van der Waals surface area contributed by atoms with Gasteiger partial charge >= 0.3 is 5.97 Å². The Hall–Kier alpha value is -1.42. The van der Waals surface area contributed by atoms with E-state index in [4.69, 9.17) is 26.2 Å². The summed E-state index contributed by atoms with van der Waals surface area (Å²) in [6, 6.07) is 6.72. The molecular formula is C11H13ClO4. The number of hydrogen-bond acceptors (Lipinski definition) is 3. The van der Waals surface area contributed by atoms with Crippen LogP contribution in [0, 0.1) is 0 Å². The fourth-order valence-electron chi connectivity index (χ4n) is 1.03. The van der Waals surface area contributed by atoms with Gasteiger partial charge in [0, 0.05) is 0 Å². The molecule has 0 radical (unpaired) electrons. The van der Waals surface area contributed by atoms with Crippen LogP contribution in [0.15, 0.2) is 24.3 Å². The zero-order valence-corrected chi connectivity index (χ0v) is 9.61. The van der Waals surface area contributed by atoms with Gasteiger partial charge in [-0.3, -0.25) is 0 Å². The van der Waals surface area contributed by atoms with Crippen molar-refractivity contribution in [2.45, 2.75) is 13.0 Å². The highest BCUT2D eigenvalue weighted by molar-refractivity contribution is 6.18. The summed E-state index contributed by atoms with van der Waals surface area (Å²) in [4.78, 5) is 10.5. The molecule has 1 N–H and O–H groups in total. The van der Waals surface area contributed by atoms with Crippen molar-refractivity contribution in [3.05, 3.63) is 24.3 Å². The van der Waals surface area contributed by atoms with E-state index in [9.17, 15) is 4.79 Å². The molecule has 16 heavy (non-hydrogen) atoms. The Kier molecular flexibility index (Phi) is 4.92. The highest BCUT2D eigenvalue weighted by Crippen LogP contribution is 2.18. The molecule has 1 rings (SSSR count). The van der Waals surface area contributed by atoms with E-state index in [0.29, 0.717) is 24.0 Å². The van der Waals surface area contributed by atoms with Crippen LogP contribution in [0.25, 0.3) is 0 Å². The van der Waals surface area contributed by atoms with Gasteiger partial charge in [0.2, 0.25) is 0 Å². The number of ether oxygens (including phenoxy) is 2. The number of carboxylic acids is 1. The Labute approximate surface area is 98.7 Å². The number of hydrogen-bond donors (Lipinski definition) is 1. The van der Waals surface area contributed by atoms with Crippen LogP contribution in [0.1, 0.15) is 6.92 Å². The maximum atomic E-state index is 10.5. The predicted molar refractivity (Wildman–Crippen MR) is 60.4 cm³/mol. The van der Waals surface area contributed by atoms with Gasteiger partial charge in [-0.1, -0.05) is 0 Å². The summed E-state index contributed by atoms with van der Waals surface area (Å²) in [6.45, 7) is 1.91. The fourth-order valence-corrected chi connectivity index (χ4v) is 1.10. The van der Waals surface area contributed by atoms with Gasteiger partial charge in [0.15, 0.2) is 6.10 Å². The number of aliphatic carboxylic acids is 1. The fraction of sp³-hybridized carbons (Fsp3) is 0.364. The topological polar surface area (TPSA) is 55.8 Å². The molecule has 1 aromatic carbocycles. The van der Waals surface area contributed by atoms with Crippen molar-refractivity contribution in [1.29, 1.82) is 0 Å². The number of carboxylic acid groups (broad SMARTS) is 1. The van der Waals surface area contributed by atoms with Crippen LogP contribution >= 0.6 is 11.6 Å². The normalized spacial score (nSPS) is 11.9. The molecular weight excluding hydrogens is 232 g/mol. The zero-order chi connectivity index (χ0) is 12.0. The van der Waals surface area contributed by atoms with E-state index in [0.717, 1.165) is 0 Å². The van der Waals surface area contributed by atoms with Gasteiger partial charge in [-0.05, 0) is 31.2 Å². The van der Waals surface area contributed by atoms with Crippen molar-refractivity contribution in [1.82, 2.24) is 0 Å². The lowest BCUT2D eigenvalue weighted by Gasteiger charge is -2.10. The highest BCUT2D eigenvalue weighted by atomic mass is 35.5. The summed E-state index contributed by atoms with van der Waals surface area (Å²) >= 11 is 5.47. The standard InChI is InChI=1S/C11H13ClO4/c1-8(11(13)14)16-10-4-2-9(3-5-10)15-7-6-12/h2-5,8H,6-7H2,1H3,(H,13,14). The van der Waals surface area contributed by atoms with Gasteiger partial charge in [0.05, 0.1) is 5.88 Å². The van der Waals surface area contributed by atoms with Crippen molar-refractivity contribution >= 4 is 17.6 Å². The van der Waals surface area contributed by atoms with Crippen molar-refractivity contribution < 1.29 is 19.4 Å². The molecule has 4 nitrogen and oxygen atoms in total. The molecule has 0 amide bonds. The van der Waals surface area contributed by atoms with Gasteiger partial charge in [-0.2, -0.15) is 0 Å². The van der Waals surface area contributed by atoms with Crippen molar-refractivity contribution in [3.8, 4) is 11.5 Å². The monoisotopic (exact) mass is 244 g/mol. The van der Waals surface area contributed by atoms with Crippen LogP contribution in [0.2, 0.25) is 0 Å². The maximum Gasteiger partial charge on any atom is 0.344 e. The van der Waals surface area contributed by atoms with E-state index in [1.54, 1.807) is 24.3 Å². The van der Waals surface area contributed by atoms with Crippen molar-refractivity contribution in [2.75, 3.05) is 12.5 Å². The minimum absolute atomic E-state index is 0.425. The van der Waals surface area contributed by atoms with Gasteiger partial charge < -0.3 is 14.6 Å². The largest absolute Gasteiger partial charge is 0.492 e. The summed E-state index contributed by atoms with van der Waals surface area (Å²) in [5.41, 5.74) is 0. The molecule has 0 aromatic heterocycles. The Balaban J connectivity index is 2.54. The number of halogens is 1. The smallest absolute Gasteiger partial charge is 0.344 e. The first kappa shape index (κ1) is 12.6. The van der Waals surface area contributed by atoms with Crippen molar-refractivity contribution in [3.63, 3.8) is 0 Å². The molecule has 1 aromatic rings. The van der Waals surface area contributed by atoms with E-state index in [1.807, 2.05) is 0 Å². The van der Waals surface area contributed by atoms with E-state index in [1.165, 1.54) is 6.92 Å². The quantitative estimate of drug-likeness (QED) is 0.779. The first-order valence-corrected chi connectivity index (χ1v) is 5.35. The zero-order valence-electron chi connectivity index (χ0n) is 8.85. The van der Waals surface area contributed by atoms with E-state index < -0.39 is 12.1 Å². The Bertz CT molecular complexity index is 336. The van der Waals surface area contributed by atoms with Crippen LogP contribution in [0.3, 0.4) is 0 Å². The number of alkyl halides is 1. The third kappa shape index (κ3) is 3.98. The molecule has 0 aliphatic heterocycles. The lowest BCUT2D eigenvalue weighted by molar-refractivity contribution is -0.144. The average molecular weight is 245 g/mol. The number of benzene rings is 1. The summed E-state index contributed by atoms with van der Waals surface area (Å²) in [5.74, 6) is 0.598. The second-order valence-electron chi connectivity index (χ2n) is 3.11. The Morgan fingerprint density at radius 3 is 2.44 bits per heavy atom. The SMILES string of the molecule is CC(Oc1ccc(OCCCl)cc1)C(=O)O. The van der Waals surface area contributed by atoms with Crippen LogP contribution in [-0.2, 0) is 4.79 Å². The van der Waals surface area contributed by atoms with Gasteiger partial charge in [-0.15, -0.1) is 11.6 Å². The van der Waals surface area contributed by atoms with Gasteiger partial charge in [-0.25, -0.2) is 4.79 Å². The van der Waals surface area contributed by atoms with Gasteiger partial charge in [0.25, 0.3) is 0 Å². The molecule has 5 heteroatoms. The van der Waals surface area contributed by atoms with Gasteiger partial charge in [0.1, 0.15) is 18.1 Å². The Morgan fingerprint density at radius 2 is 1.94 bits per heavy atom. The molecule has 88 valence electrons. The minimum atomic E-state index is -0.998. The average Bonchev–Trinajstić information content (AvgIpc) is 2.28. The van der Waals surface area contributed by atoms with Crippen LogP contribution < -0.4 is 9.47 Å². The summed E-state index contributed by atoms with van der Waals surface area (Å²) in [6.07, 6.45) is -0.866. The third-order valence-corrected chi connectivity index (χ3v) is 1.98. The third-order valence-electron chi connectivity index (χ3n) is 1.83. The molecule has 0 fully saturated rings.